The molecule has 1 amide bonds. The smallest absolute Gasteiger partial charge is 0.246 e. The zero-order valence-electron chi connectivity index (χ0n) is 12.3. The molecular formula is C15H24FNO2. The Morgan fingerprint density at radius 2 is 2.16 bits per heavy atom. The summed E-state index contributed by atoms with van der Waals surface area (Å²) in [6.07, 6.45) is 2.24. The number of carbonyl (C=O) groups is 1. The Hall–Kier alpha value is -1.08. The molecule has 0 saturated heterocycles. The molecule has 0 spiro atoms. The number of rotatable bonds is 3. The van der Waals surface area contributed by atoms with Gasteiger partial charge in [0.2, 0.25) is 5.91 Å². The minimum atomic E-state index is -1.43. The average molecular weight is 269 g/mol. The Labute approximate surface area is 115 Å². The lowest BCUT2D eigenvalue weighted by molar-refractivity contribution is -0.129. The standard InChI is InChI=1S/C15H24FNO2/c1-14(2,3)17-13(18)11-19-12-7-5-6-9-15(4,16)10-8-12/h12H,5,7-8,10-11H2,1-4H3,(H,17,18). The van der Waals surface area contributed by atoms with Crippen LogP contribution in [0.3, 0.4) is 0 Å². The van der Waals surface area contributed by atoms with Gasteiger partial charge in [0, 0.05) is 12.0 Å². The molecule has 19 heavy (non-hydrogen) atoms. The molecule has 0 radical (unpaired) electrons. The lowest BCUT2D eigenvalue weighted by Crippen LogP contribution is -2.43. The zero-order valence-corrected chi connectivity index (χ0v) is 12.3. The fourth-order valence-electron chi connectivity index (χ4n) is 1.93. The largest absolute Gasteiger partial charge is 0.368 e. The molecule has 4 heteroatoms. The third kappa shape index (κ3) is 7.17. The number of alkyl halides is 1. The van der Waals surface area contributed by atoms with E-state index in [-0.39, 0.29) is 24.2 Å². The maximum absolute atomic E-state index is 13.8. The molecule has 0 aromatic carbocycles. The van der Waals surface area contributed by atoms with E-state index in [0.717, 1.165) is 6.42 Å². The second kappa shape index (κ2) is 6.38. The van der Waals surface area contributed by atoms with Gasteiger partial charge in [0.15, 0.2) is 5.67 Å². The maximum Gasteiger partial charge on any atom is 0.246 e. The van der Waals surface area contributed by atoms with Gasteiger partial charge in [0.25, 0.3) is 0 Å². The number of carbonyl (C=O) groups excluding carboxylic acids is 1. The number of amides is 1. The first-order valence-corrected chi connectivity index (χ1v) is 6.79. The first-order chi connectivity index (χ1) is 8.68. The summed E-state index contributed by atoms with van der Waals surface area (Å²) in [5.74, 6) is 5.32. The summed E-state index contributed by atoms with van der Waals surface area (Å²) in [5.41, 5.74) is -1.69. The van der Waals surface area contributed by atoms with Crippen molar-refractivity contribution in [2.24, 2.45) is 0 Å². The second-order valence-corrected chi connectivity index (χ2v) is 6.31. The zero-order chi connectivity index (χ0) is 14.5. The van der Waals surface area contributed by atoms with Crippen LogP contribution >= 0.6 is 0 Å². The molecule has 0 bridgehead atoms. The molecular weight excluding hydrogens is 245 g/mol. The lowest BCUT2D eigenvalue weighted by Gasteiger charge is -2.24. The van der Waals surface area contributed by atoms with Crippen molar-refractivity contribution in [2.75, 3.05) is 6.61 Å². The van der Waals surface area contributed by atoms with Crippen molar-refractivity contribution in [2.45, 2.75) is 70.7 Å². The van der Waals surface area contributed by atoms with Gasteiger partial charge in [-0.25, -0.2) is 4.39 Å². The van der Waals surface area contributed by atoms with Crippen LogP contribution in [0.4, 0.5) is 4.39 Å². The van der Waals surface area contributed by atoms with Crippen LogP contribution in [0.2, 0.25) is 0 Å². The van der Waals surface area contributed by atoms with Crippen molar-refractivity contribution in [3.8, 4) is 11.8 Å². The van der Waals surface area contributed by atoms with Crippen molar-refractivity contribution in [3.63, 3.8) is 0 Å². The normalized spacial score (nSPS) is 27.7. The molecule has 1 rings (SSSR count). The van der Waals surface area contributed by atoms with Crippen molar-refractivity contribution in [1.29, 1.82) is 0 Å². The summed E-state index contributed by atoms with van der Waals surface area (Å²) < 4.78 is 19.4. The van der Waals surface area contributed by atoms with E-state index in [1.807, 2.05) is 20.8 Å². The van der Waals surface area contributed by atoms with Crippen molar-refractivity contribution in [3.05, 3.63) is 0 Å². The Bertz CT molecular complexity index is 374. The van der Waals surface area contributed by atoms with Gasteiger partial charge in [-0.1, -0.05) is 11.8 Å². The van der Waals surface area contributed by atoms with Crippen LogP contribution in [0.15, 0.2) is 0 Å². The van der Waals surface area contributed by atoms with E-state index in [2.05, 4.69) is 17.2 Å². The van der Waals surface area contributed by atoms with E-state index < -0.39 is 5.67 Å². The van der Waals surface area contributed by atoms with E-state index in [1.54, 1.807) is 0 Å². The number of ether oxygens (including phenoxy) is 1. The van der Waals surface area contributed by atoms with Gasteiger partial charge in [-0.05, 0) is 47.0 Å². The van der Waals surface area contributed by atoms with Crippen molar-refractivity contribution < 1.29 is 13.9 Å². The van der Waals surface area contributed by atoms with Gasteiger partial charge in [-0.15, -0.1) is 0 Å². The SMILES string of the molecule is CC1(F)C#CCCC(OCC(=O)NC(C)(C)C)CC1. The molecule has 2 unspecified atom stereocenters. The van der Waals surface area contributed by atoms with Gasteiger partial charge in [0.1, 0.15) is 6.61 Å². The lowest BCUT2D eigenvalue weighted by atomic mass is 9.96. The molecule has 1 aliphatic carbocycles. The van der Waals surface area contributed by atoms with Gasteiger partial charge in [-0.2, -0.15) is 0 Å². The third-order valence-electron chi connectivity index (χ3n) is 2.84. The summed E-state index contributed by atoms with van der Waals surface area (Å²) >= 11 is 0. The molecule has 0 saturated carbocycles. The number of hydrogen-bond acceptors (Lipinski definition) is 2. The van der Waals surface area contributed by atoms with Crippen LogP contribution in [0.5, 0.6) is 0 Å². The predicted molar refractivity (Wildman–Crippen MR) is 73.4 cm³/mol. The van der Waals surface area contributed by atoms with Gasteiger partial charge in [-0.3, -0.25) is 4.79 Å². The topological polar surface area (TPSA) is 38.3 Å². The monoisotopic (exact) mass is 269 g/mol. The molecule has 0 fully saturated rings. The summed E-state index contributed by atoms with van der Waals surface area (Å²) in [6, 6.07) is 0. The maximum atomic E-state index is 13.8. The molecule has 0 aliphatic heterocycles. The van der Waals surface area contributed by atoms with Crippen LogP contribution in [0.1, 0.15) is 53.4 Å². The van der Waals surface area contributed by atoms with Crippen molar-refractivity contribution >= 4 is 5.91 Å². The first kappa shape index (κ1) is 16.0. The van der Waals surface area contributed by atoms with Crippen molar-refractivity contribution in [1.82, 2.24) is 5.32 Å². The van der Waals surface area contributed by atoms with E-state index in [1.165, 1.54) is 6.92 Å². The highest BCUT2D eigenvalue weighted by atomic mass is 19.1. The van der Waals surface area contributed by atoms with Crippen LogP contribution < -0.4 is 5.32 Å². The highest BCUT2D eigenvalue weighted by Crippen LogP contribution is 2.22. The number of hydrogen-bond donors (Lipinski definition) is 1. The predicted octanol–water partition coefficient (Wildman–Crippen LogP) is 2.59. The molecule has 3 nitrogen and oxygen atoms in total. The van der Waals surface area contributed by atoms with E-state index in [0.29, 0.717) is 19.3 Å². The molecule has 2 atom stereocenters. The minimum Gasteiger partial charge on any atom is -0.368 e. The highest BCUT2D eigenvalue weighted by Gasteiger charge is 2.24. The molecule has 0 aromatic rings. The van der Waals surface area contributed by atoms with Gasteiger partial charge < -0.3 is 10.1 Å². The fraction of sp³-hybridized carbons (Fsp3) is 0.800. The number of halogens is 1. The quantitative estimate of drug-likeness (QED) is 0.800. The van der Waals surface area contributed by atoms with Gasteiger partial charge in [0.05, 0.1) is 6.10 Å². The Morgan fingerprint density at radius 3 is 2.79 bits per heavy atom. The summed E-state index contributed by atoms with van der Waals surface area (Å²) in [4.78, 5) is 11.6. The van der Waals surface area contributed by atoms with E-state index in [4.69, 9.17) is 4.74 Å². The summed E-state index contributed by atoms with van der Waals surface area (Å²) in [5, 5.41) is 2.84. The van der Waals surface area contributed by atoms with Gasteiger partial charge >= 0.3 is 0 Å². The third-order valence-corrected chi connectivity index (χ3v) is 2.84. The Morgan fingerprint density at radius 1 is 1.47 bits per heavy atom. The Balaban J connectivity index is 2.38. The molecule has 1 aliphatic rings. The average Bonchev–Trinajstić information content (AvgIpc) is 2.21. The van der Waals surface area contributed by atoms with Crippen LogP contribution in [-0.4, -0.2) is 29.8 Å². The summed E-state index contributed by atoms with van der Waals surface area (Å²) in [6.45, 7) is 7.29. The van der Waals surface area contributed by atoms with E-state index in [9.17, 15) is 9.18 Å². The van der Waals surface area contributed by atoms with Crippen LogP contribution in [-0.2, 0) is 9.53 Å². The molecule has 108 valence electrons. The molecule has 0 aromatic heterocycles. The van der Waals surface area contributed by atoms with E-state index >= 15 is 0 Å². The van der Waals surface area contributed by atoms with Crippen LogP contribution in [0, 0.1) is 11.8 Å². The second-order valence-electron chi connectivity index (χ2n) is 6.31. The minimum absolute atomic E-state index is 0.0262. The molecule has 1 N–H and O–H groups in total. The highest BCUT2D eigenvalue weighted by molar-refractivity contribution is 5.77. The number of nitrogens with one attached hydrogen (secondary N) is 1. The fourth-order valence-corrected chi connectivity index (χ4v) is 1.93. The van der Waals surface area contributed by atoms with Crippen LogP contribution in [0.25, 0.3) is 0 Å². The first-order valence-electron chi connectivity index (χ1n) is 6.79. The Kier molecular flexibility index (Phi) is 5.37. The molecule has 0 heterocycles. The summed E-state index contributed by atoms with van der Waals surface area (Å²) in [7, 11) is 0.